The van der Waals surface area contributed by atoms with E-state index < -0.39 is 10.9 Å². The number of aromatic nitrogens is 3. The summed E-state index contributed by atoms with van der Waals surface area (Å²) < 4.78 is 10.5. The molecule has 1 heterocycles. The SMILES string of the molecule is COc1ccc(OC(=O)/C(=N/n2nnc(C)c2C)c2ccc([N+](=O)[O-])cc2)cc1. The van der Waals surface area contributed by atoms with Gasteiger partial charge in [0, 0.05) is 17.7 Å². The summed E-state index contributed by atoms with van der Waals surface area (Å²) in [5.74, 6) is 0.149. The van der Waals surface area contributed by atoms with Crippen LogP contribution < -0.4 is 9.47 Å². The molecule has 0 bridgehead atoms. The van der Waals surface area contributed by atoms with Crippen LogP contribution in [-0.4, -0.2) is 38.8 Å². The van der Waals surface area contributed by atoms with Crippen molar-refractivity contribution in [3.63, 3.8) is 0 Å². The summed E-state index contributed by atoms with van der Waals surface area (Å²) in [5, 5.41) is 22.9. The zero-order chi connectivity index (χ0) is 21.0. The highest BCUT2D eigenvalue weighted by Gasteiger charge is 2.20. The van der Waals surface area contributed by atoms with E-state index in [0.29, 0.717) is 22.7 Å². The molecule has 148 valence electrons. The molecule has 10 heteroatoms. The van der Waals surface area contributed by atoms with Crippen molar-refractivity contribution >= 4 is 17.4 Å². The molecule has 0 saturated carbocycles. The summed E-state index contributed by atoms with van der Waals surface area (Å²) in [6.45, 7) is 3.51. The number of non-ortho nitro benzene ring substituents is 1. The number of benzene rings is 2. The molecule has 0 aliphatic carbocycles. The number of nitro groups is 1. The molecule has 0 fully saturated rings. The van der Waals surface area contributed by atoms with Crippen LogP contribution in [0.25, 0.3) is 0 Å². The van der Waals surface area contributed by atoms with E-state index in [2.05, 4.69) is 15.4 Å². The Morgan fingerprint density at radius 3 is 2.21 bits per heavy atom. The summed E-state index contributed by atoms with van der Waals surface area (Å²) in [7, 11) is 1.53. The van der Waals surface area contributed by atoms with E-state index in [0.717, 1.165) is 0 Å². The van der Waals surface area contributed by atoms with Crippen LogP contribution in [0.2, 0.25) is 0 Å². The average Bonchev–Trinajstić information content (AvgIpc) is 3.04. The molecule has 0 saturated heterocycles. The molecule has 0 unspecified atom stereocenters. The number of nitro benzene ring substituents is 1. The summed E-state index contributed by atoms with van der Waals surface area (Å²) in [6, 6.07) is 11.9. The molecular formula is C19H17N5O5. The van der Waals surface area contributed by atoms with Crippen molar-refractivity contribution in [1.29, 1.82) is 0 Å². The minimum absolute atomic E-state index is 0.0799. The number of aryl methyl sites for hydroxylation is 1. The monoisotopic (exact) mass is 395 g/mol. The van der Waals surface area contributed by atoms with Gasteiger partial charge in [-0.3, -0.25) is 10.1 Å². The largest absolute Gasteiger partial charge is 0.497 e. The van der Waals surface area contributed by atoms with E-state index in [9.17, 15) is 14.9 Å². The highest BCUT2D eigenvalue weighted by molar-refractivity contribution is 6.43. The van der Waals surface area contributed by atoms with Crippen molar-refractivity contribution in [3.8, 4) is 11.5 Å². The summed E-state index contributed by atoms with van der Waals surface area (Å²) in [5.41, 5.74) is 1.44. The van der Waals surface area contributed by atoms with Gasteiger partial charge in [0.15, 0.2) is 5.71 Å². The predicted octanol–water partition coefficient (Wildman–Crippen LogP) is 2.67. The van der Waals surface area contributed by atoms with Gasteiger partial charge in [0.05, 0.1) is 23.4 Å². The van der Waals surface area contributed by atoms with Gasteiger partial charge in [0.2, 0.25) is 0 Å². The van der Waals surface area contributed by atoms with Gasteiger partial charge < -0.3 is 9.47 Å². The lowest BCUT2D eigenvalue weighted by atomic mass is 10.1. The Morgan fingerprint density at radius 2 is 1.69 bits per heavy atom. The van der Waals surface area contributed by atoms with Gasteiger partial charge >= 0.3 is 5.97 Å². The zero-order valence-corrected chi connectivity index (χ0v) is 15.9. The Balaban J connectivity index is 1.98. The van der Waals surface area contributed by atoms with Crippen molar-refractivity contribution in [1.82, 2.24) is 15.1 Å². The number of carbonyl (C=O) groups is 1. The predicted molar refractivity (Wildman–Crippen MR) is 103 cm³/mol. The highest BCUT2D eigenvalue weighted by atomic mass is 16.6. The van der Waals surface area contributed by atoms with E-state index >= 15 is 0 Å². The van der Waals surface area contributed by atoms with Crippen molar-refractivity contribution in [2.75, 3.05) is 7.11 Å². The lowest BCUT2D eigenvalue weighted by Gasteiger charge is -2.08. The van der Waals surface area contributed by atoms with E-state index in [1.54, 1.807) is 38.1 Å². The molecular weight excluding hydrogens is 378 g/mol. The molecule has 29 heavy (non-hydrogen) atoms. The fourth-order valence-corrected chi connectivity index (χ4v) is 2.34. The summed E-state index contributed by atoms with van der Waals surface area (Å²) >= 11 is 0. The maximum atomic E-state index is 12.8. The number of rotatable bonds is 6. The van der Waals surface area contributed by atoms with Gasteiger partial charge in [-0.1, -0.05) is 0 Å². The zero-order valence-electron chi connectivity index (χ0n) is 15.9. The number of methoxy groups -OCH3 is 1. The van der Waals surface area contributed by atoms with Crippen molar-refractivity contribution in [3.05, 3.63) is 75.6 Å². The molecule has 3 aromatic rings. The molecule has 0 aliphatic heterocycles. The van der Waals surface area contributed by atoms with Crippen molar-refractivity contribution < 1.29 is 19.2 Å². The molecule has 0 aliphatic rings. The van der Waals surface area contributed by atoms with Crippen LogP contribution in [0.3, 0.4) is 0 Å². The van der Waals surface area contributed by atoms with Crippen LogP contribution in [-0.2, 0) is 4.79 Å². The number of nitrogens with zero attached hydrogens (tertiary/aromatic N) is 5. The summed E-state index contributed by atoms with van der Waals surface area (Å²) in [4.78, 5) is 24.4. The molecule has 10 nitrogen and oxygen atoms in total. The molecule has 2 aromatic carbocycles. The van der Waals surface area contributed by atoms with Crippen molar-refractivity contribution in [2.45, 2.75) is 13.8 Å². The van der Waals surface area contributed by atoms with E-state index in [4.69, 9.17) is 9.47 Å². The number of carbonyl (C=O) groups excluding carboxylic acids is 1. The highest BCUT2D eigenvalue weighted by Crippen LogP contribution is 2.19. The Kier molecular flexibility index (Phi) is 5.63. The number of esters is 1. The Bertz CT molecular complexity index is 1070. The van der Waals surface area contributed by atoms with Gasteiger partial charge in [-0.05, 0) is 55.5 Å². The topological polar surface area (TPSA) is 122 Å². The Hall–Kier alpha value is -4.08. The fourth-order valence-electron chi connectivity index (χ4n) is 2.34. The van der Waals surface area contributed by atoms with E-state index in [1.165, 1.54) is 36.2 Å². The first-order valence-electron chi connectivity index (χ1n) is 8.48. The molecule has 0 atom stereocenters. The van der Waals surface area contributed by atoms with Gasteiger partial charge in [-0.15, -0.1) is 15.0 Å². The second-order valence-electron chi connectivity index (χ2n) is 5.97. The first kappa shape index (κ1) is 19.7. The van der Waals surface area contributed by atoms with Crippen LogP contribution in [0.15, 0.2) is 53.6 Å². The third kappa shape index (κ3) is 4.43. The van der Waals surface area contributed by atoms with Crippen LogP contribution in [0, 0.1) is 24.0 Å². The van der Waals surface area contributed by atoms with Gasteiger partial charge in [0.1, 0.15) is 11.5 Å². The third-order valence-electron chi connectivity index (χ3n) is 4.11. The van der Waals surface area contributed by atoms with E-state index in [-0.39, 0.29) is 17.1 Å². The number of ether oxygens (including phenoxy) is 2. The third-order valence-corrected chi connectivity index (χ3v) is 4.11. The van der Waals surface area contributed by atoms with Crippen LogP contribution in [0.4, 0.5) is 5.69 Å². The lowest BCUT2D eigenvalue weighted by molar-refractivity contribution is -0.384. The molecule has 0 amide bonds. The van der Waals surface area contributed by atoms with Crippen LogP contribution in [0.1, 0.15) is 17.0 Å². The van der Waals surface area contributed by atoms with E-state index in [1.807, 2.05) is 0 Å². The minimum atomic E-state index is -0.753. The molecule has 0 spiro atoms. The lowest BCUT2D eigenvalue weighted by Crippen LogP contribution is -2.23. The first-order valence-corrected chi connectivity index (χ1v) is 8.48. The van der Waals surface area contributed by atoms with Gasteiger partial charge in [-0.25, -0.2) is 4.79 Å². The first-order chi connectivity index (χ1) is 13.9. The van der Waals surface area contributed by atoms with Crippen LogP contribution >= 0.6 is 0 Å². The number of hydrogen-bond acceptors (Lipinski definition) is 8. The fraction of sp³-hybridized carbons (Fsp3) is 0.158. The second-order valence-corrected chi connectivity index (χ2v) is 5.97. The smallest absolute Gasteiger partial charge is 0.364 e. The summed E-state index contributed by atoms with van der Waals surface area (Å²) in [6.07, 6.45) is 0. The molecule has 0 N–H and O–H groups in total. The average molecular weight is 395 g/mol. The van der Waals surface area contributed by atoms with Gasteiger partial charge in [0.25, 0.3) is 5.69 Å². The normalized spacial score (nSPS) is 11.2. The van der Waals surface area contributed by atoms with Crippen molar-refractivity contribution in [2.24, 2.45) is 5.10 Å². The minimum Gasteiger partial charge on any atom is -0.497 e. The standard InChI is InChI=1S/C19H17N5O5/c1-12-13(2)23(22-20-12)21-18(14-4-6-15(7-5-14)24(26)27)19(25)29-17-10-8-16(28-3)9-11-17/h4-11H,1-3H3/b21-18+. The Labute approximate surface area is 165 Å². The second kappa shape index (κ2) is 8.30. The molecule has 3 rings (SSSR count). The maximum absolute atomic E-state index is 12.8. The quantitative estimate of drug-likeness (QED) is 0.207. The Morgan fingerprint density at radius 1 is 1.07 bits per heavy atom. The number of hydrogen-bond donors (Lipinski definition) is 0. The van der Waals surface area contributed by atoms with Crippen LogP contribution in [0.5, 0.6) is 11.5 Å². The van der Waals surface area contributed by atoms with Gasteiger partial charge in [-0.2, -0.15) is 0 Å². The molecule has 1 aromatic heterocycles. The maximum Gasteiger partial charge on any atom is 0.364 e. The molecule has 0 radical (unpaired) electrons.